The fraction of sp³-hybridized carbons (Fsp3) is 0.611. The smallest absolute Gasteiger partial charge is 0.123 e. The van der Waals surface area contributed by atoms with Gasteiger partial charge in [-0.3, -0.25) is 0 Å². The van der Waals surface area contributed by atoms with Crippen LogP contribution in [-0.4, -0.2) is 17.3 Å². The van der Waals surface area contributed by atoms with Crippen LogP contribution in [-0.2, 0) is 16.1 Å². The monoisotopic (exact) mass is 303 g/mol. The number of ether oxygens (including phenoxy) is 2. The zero-order valence-electron chi connectivity index (χ0n) is 13.4. The molecule has 0 amide bonds. The number of halogens is 1. The van der Waals surface area contributed by atoms with Crippen LogP contribution in [0.1, 0.15) is 45.6 Å². The number of hydrogen-bond acceptors (Lipinski definition) is 3. The maximum atomic E-state index is 12.9. The van der Waals surface area contributed by atoms with E-state index >= 15 is 0 Å². The van der Waals surface area contributed by atoms with E-state index in [0.29, 0.717) is 6.61 Å². The first kappa shape index (κ1) is 15.5. The molecule has 118 valence electrons. The Hall–Kier alpha value is -1.44. The maximum Gasteiger partial charge on any atom is 0.123 e. The number of benzene rings is 1. The molecule has 2 aliphatic rings. The van der Waals surface area contributed by atoms with E-state index in [-0.39, 0.29) is 17.5 Å². The lowest BCUT2D eigenvalue weighted by Gasteiger charge is -2.36. The molecule has 2 heterocycles. The third kappa shape index (κ3) is 2.33. The van der Waals surface area contributed by atoms with Gasteiger partial charge in [-0.2, -0.15) is 5.26 Å². The Labute approximate surface area is 131 Å². The van der Waals surface area contributed by atoms with Crippen LogP contribution >= 0.6 is 0 Å². The molecule has 0 saturated carbocycles. The minimum atomic E-state index is -0.529. The van der Waals surface area contributed by atoms with Crippen molar-refractivity contribution in [3.8, 4) is 6.07 Å². The lowest BCUT2D eigenvalue weighted by atomic mass is 9.68. The van der Waals surface area contributed by atoms with E-state index in [1.165, 1.54) is 12.1 Å². The molecular weight excluding hydrogens is 281 g/mol. The van der Waals surface area contributed by atoms with Gasteiger partial charge in [0.05, 0.1) is 35.4 Å². The zero-order valence-corrected chi connectivity index (χ0v) is 13.4. The molecule has 1 aromatic rings. The molecule has 3 atom stereocenters. The fourth-order valence-electron chi connectivity index (χ4n) is 3.69. The van der Waals surface area contributed by atoms with E-state index in [4.69, 9.17) is 9.47 Å². The average molecular weight is 303 g/mol. The minimum Gasteiger partial charge on any atom is -0.370 e. The minimum absolute atomic E-state index is 0.0288. The second kappa shape index (κ2) is 5.04. The van der Waals surface area contributed by atoms with Crippen molar-refractivity contribution in [1.29, 1.82) is 5.26 Å². The Balaban J connectivity index is 1.71. The summed E-state index contributed by atoms with van der Waals surface area (Å²) in [4.78, 5) is 0. The number of hydrogen-bond donors (Lipinski definition) is 0. The predicted octanol–water partition coefficient (Wildman–Crippen LogP) is 3.97. The highest BCUT2D eigenvalue weighted by Crippen LogP contribution is 2.58. The number of nitrogens with zero attached hydrogens (tertiary/aromatic N) is 1. The highest BCUT2D eigenvalue weighted by atomic mass is 19.1. The van der Waals surface area contributed by atoms with E-state index in [1.807, 2.05) is 13.8 Å². The molecule has 0 radical (unpaired) electrons. The first-order valence-electron chi connectivity index (χ1n) is 7.78. The van der Waals surface area contributed by atoms with Gasteiger partial charge < -0.3 is 9.47 Å². The van der Waals surface area contributed by atoms with Gasteiger partial charge in [0, 0.05) is 6.42 Å². The van der Waals surface area contributed by atoms with E-state index in [9.17, 15) is 9.65 Å². The maximum absolute atomic E-state index is 12.9. The van der Waals surface area contributed by atoms with Gasteiger partial charge in [0.2, 0.25) is 0 Å². The third-order valence-electron chi connectivity index (χ3n) is 5.43. The molecule has 2 fully saturated rings. The molecule has 0 unspecified atom stereocenters. The van der Waals surface area contributed by atoms with Crippen molar-refractivity contribution in [1.82, 2.24) is 0 Å². The molecule has 1 aromatic carbocycles. The summed E-state index contributed by atoms with van der Waals surface area (Å²) in [6.07, 6.45) is 2.52. The van der Waals surface area contributed by atoms with Crippen molar-refractivity contribution in [2.45, 2.75) is 63.9 Å². The quantitative estimate of drug-likeness (QED) is 0.845. The summed E-state index contributed by atoms with van der Waals surface area (Å²) in [6.45, 7) is 6.40. The number of fused-ring (bicyclic) bond motifs is 2. The second-order valence-corrected chi connectivity index (χ2v) is 7.28. The van der Waals surface area contributed by atoms with Crippen LogP contribution in [0.25, 0.3) is 0 Å². The van der Waals surface area contributed by atoms with E-state index in [1.54, 1.807) is 12.1 Å². The highest BCUT2D eigenvalue weighted by Gasteiger charge is 2.65. The Morgan fingerprint density at radius 1 is 1.36 bits per heavy atom. The van der Waals surface area contributed by atoms with Crippen LogP contribution in [0, 0.1) is 22.6 Å². The molecule has 4 heteroatoms. The van der Waals surface area contributed by atoms with Crippen LogP contribution in [0.4, 0.5) is 4.39 Å². The van der Waals surface area contributed by atoms with Crippen LogP contribution in [0.15, 0.2) is 24.3 Å². The summed E-state index contributed by atoms with van der Waals surface area (Å²) in [6, 6.07) is 8.76. The molecule has 3 nitrogen and oxygen atoms in total. The first-order valence-corrected chi connectivity index (χ1v) is 7.78. The molecule has 0 spiro atoms. The van der Waals surface area contributed by atoms with Crippen molar-refractivity contribution < 1.29 is 13.9 Å². The van der Waals surface area contributed by atoms with Gasteiger partial charge in [0.1, 0.15) is 5.82 Å². The van der Waals surface area contributed by atoms with Gasteiger partial charge in [-0.25, -0.2) is 4.39 Å². The zero-order chi connectivity index (χ0) is 16.0. The molecule has 2 bridgehead atoms. The molecule has 22 heavy (non-hydrogen) atoms. The summed E-state index contributed by atoms with van der Waals surface area (Å²) in [5.74, 6) is -0.242. The molecule has 2 saturated heterocycles. The lowest BCUT2D eigenvalue weighted by Crippen LogP contribution is -2.43. The van der Waals surface area contributed by atoms with Crippen molar-refractivity contribution in [2.24, 2.45) is 5.41 Å². The van der Waals surface area contributed by atoms with Crippen molar-refractivity contribution in [3.63, 3.8) is 0 Å². The summed E-state index contributed by atoms with van der Waals surface area (Å²) in [5.41, 5.74) is -0.321. The third-order valence-corrected chi connectivity index (χ3v) is 5.43. The average Bonchev–Trinajstić information content (AvgIpc) is 2.99. The van der Waals surface area contributed by atoms with Crippen molar-refractivity contribution in [3.05, 3.63) is 35.6 Å². The largest absolute Gasteiger partial charge is 0.370 e. The van der Waals surface area contributed by atoms with Crippen LogP contribution in [0.3, 0.4) is 0 Å². The van der Waals surface area contributed by atoms with Gasteiger partial charge in [0.15, 0.2) is 0 Å². The van der Waals surface area contributed by atoms with E-state index in [0.717, 1.165) is 24.8 Å². The summed E-state index contributed by atoms with van der Waals surface area (Å²) < 4.78 is 25.3. The highest BCUT2D eigenvalue weighted by molar-refractivity contribution is 5.20. The Bertz CT molecular complexity index is 607. The topological polar surface area (TPSA) is 42.2 Å². The van der Waals surface area contributed by atoms with Crippen LogP contribution in [0.2, 0.25) is 0 Å². The van der Waals surface area contributed by atoms with Gasteiger partial charge in [-0.15, -0.1) is 0 Å². The van der Waals surface area contributed by atoms with Gasteiger partial charge in [-0.1, -0.05) is 12.1 Å². The van der Waals surface area contributed by atoms with Gasteiger partial charge >= 0.3 is 0 Å². The number of nitriles is 1. The van der Waals surface area contributed by atoms with Gasteiger partial charge in [0.25, 0.3) is 0 Å². The normalized spacial score (nSPS) is 33.9. The fourth-order valence-corrected chi connectivity index (χ4v) is 3.69. The second-order valence-electron chi connectivity index (χ2n) is 7.28. The Morgan fingerprint density at radius 2 is 2.05 bits per heavy atom. The summed E-state index contributed by atoms with van der Waals surface area (Å²) >= 11 is 0. The van der Waals surface area contributed by atoms with Crippen LogP contribution < -0.4 is 0 Å². The lowest BCUT2D eigenvalue weighted by molar-refractivity contribution is -0.107. The molecule has 0 N–H and O–H groups in total. The standard InChI is InChI=1S/C18H22FNO2/c1-16(2,12-20)18-9-8-17(3,22-18)15(10-18)21-11-13-4-6-14(19)7-5-13/h4-7,15H,8-11H2,1-3H3/t15-,17+,18-/m0/s1. The predicted molar refractivity (Wildman–Crippen MR) is 80.4 cm³/mol. The van der Waals surface area contributed by atoms with Crippen LogP contribution in [0.5, 0.6) is 0 Å². The molecule has 0 aromatic heterocycles. The summed E-state index contributed by atoms with van der Waals surface area (Å²) in [5, 5.41) is 9.47. The van der Waals surface area contributed by atoms with Crippen molar-refractivity contribution in [2.75, 3.05) is 0 Å². The molecule has 2 aliphatic heterocycles. The summed E-state index contributed by atoms with van der Waals surface area (Å²) in [7, 11) is 0. The molecule has 0 aliphatic carbocycles. The van der Waals surface area contributed by atoms with E-state index in [2.05, 4.69) is 13.0 Å². The molecular formula is C18H22FNO2. The SMILES string of the molecule is CC(C)(C#N)[C@@]12CC[C@@](C)(O1)[C@@H](OCc1ccc(F)cc1)C2. The van der Waals surface area contributed by atoms with Gasteiger partial charge in [-0.05, 0) is 51.3 Å². The Kier molecular flexibility index (Phi) is 3.54. The molecule has 3 rings (SSSR count). The Morgan fingerprint density at radius 3 is 2.68 bits per heavy atom. The van der Waals surface area contributed by atoms with Crippen molar-refractivity contribution >= 4 is 0 Å². The van der Waals surface area contributed by atoms with E-state index < -0.39 is 11.0 Å². The first-order chi connectivity index (χ1) is 10.3. The number of rotatable bonds is 4.